The molecule has 2 rings (SSSR count). The lowest BCUT2D eigenvalue weighted by Crippen LogP contribution is -2.37. The predicted octanol–water partition coefficient (Wildman–Crippen LogP) is 3.59. The highest BCUT2D eigenvalue weighted by molar-refractivity contribution is 8.07. The lowest BCUT2D eigenvalue weighted by molar-refractivity contribution is 0.391. The van der Waals surface area contributed by atoms with Gasteiger partial charge in [-0.2, -0.15) is 23.5 Å². The molecular weight excluding hydrogens is 302 g/mol. The van der Waals surface area contributed by atoms with Gasteiger partial charge in [-0.25, -0.2) is 0 Å². The van der Waals surface area contributed by atoms with Crippen molar-refractivity contribution in [3.63, 3.8) is 0 Å². The van der Waals surface area contributed by atoms with Crippen LogP contribution in [0.5, 0.6) is 11.5 Å². The zero-order valence-corrected chi connectivity index (χ0v) is 14.9. The van der Waals surface area contributed by atoms with Crippen LogP contribution in [0.2, 0.25) is 0 Å². The van der Waals surface area contributed by atoms with Crippen LogP contribution in [0.15, 0.2) is 18.2 Å². The first kappa shape index (κ1) is 16.8. The van der Waals surface area contributed by atoms with Crippen LogP contribution < -0.4 is 14.8 Å². The van der Waals surface area contributed by atoms with E-state index in [9.17, 15) is 0 Å². The van der Waals surface area contributed by atoms with E-state index in [0.29, 0.717) is 16.5 Å². The summed E-state index contributed by atoms with van der Waals surface area (Å²) in [7, 11) is 3.41. The summed E-state index contributed by atoms with van der Waals surface area (Å²) in [5.41, 5.74) is 1.25. The second-order valence-electron chi connectivity index (χ2n) is 5.09. The van der Waals surface area contributed by atoms with Crippen molar-refractivity contribution in [2.45, 2.75) is 30.4 Å². The molecule has 1 aliphatic rings. The predicted molar refractivity (Wildman–Crippen MR) is 94.1 cm³/mol. The molecule has 1 N–H and O–H groups in total. The number of benzene rings is 1. The lowest BCUT2D eigenvalue weighted by Gasteiger charge is -2.35. The number of methoxy groups -OCH3 is 2. The molecule has 3 atom stereocenters. The summed E-state index contributed by atoms with van der Waals surface area (Å²) in [5, 5.41) is 4.87. The van der Waals surface area contributed by atoms with Gasteiger partial charge in [0.25, 0.3) is 0 Å². The molecule has 0 bridgehead atoms. The Kier molecular flexibility index (Phi) is 6.58. The molecule has 1 aromatic carbocycles. The third-order valence-corrected chi connectivity index (χ3v) is 6.92. The Morgan fingerprint density at radius 1 is 1.14 bits per heavy atom. The Hall–Kier alpha value is -0.520. The molecule has 3 unspecified atom stereocenters. The van der Waals surface area contributed by atoms with Crippen molar-refractivity contribution in [3.05, 3.63) is 23.8 Å². The first-order chi connectivity index (χ1) is 10.2. The molecule has 0 aliphatic carbocycles. The molecule has 5 heteroatoms. The highest BCUT2D eigenvalue weighted by Crippen LogP contribution is 2.40. The van der Waals surface area contributed by atoms with Crippen LogP contribution in [-0.4, -0.2) is 42.8 Å². The van der Waals surface area contributed by atoms with E-state index in [4.69, 9.17) is 9.47 Å². The van der Waals surface area contributed by atoms with Crippen molar-refractivity contribution in [2.24, 2.45) is 0 Å². The zero-order chi connectivity index (χ0) is 15.2. The number of ether oxygens (including phenoxy) is 2. The Morgan fingerprint density at radius 2 is 1.76 bits per heavy atom. The summed E-state index contributed by atoms with van der Waals surface area (Å²) in [6.45, 7) is 5.46. The molecule has 0 saturated carbocycles. The fraction of sp³-hybridized carbons (Fsp3) is 0.625. The van der Waals surface area contributed by atoms with Gasteiger partial charge in [0.2, 0.25) is 0 Å². The Bertz CT molecular complexity index is 434. The molecule has 1 aromatic rings. The third-order valence-electron chi connectivity index (χ3n) is 3.72. The van der Waals surface area contributed by atoms with E-state index in [0.717, 1.165) is 18.0 Å². The van der Waals surface area contributed by atoms with Gasteiger partial charge in [-0.15, -0.1) is 0 Å². The highest BCUT2D eigenvalue weighted by Gasteiger charge is 2.31. The van der Waals surface area contributed by atoms with Crippen molar-refractivity contribution in [1.82, 2.24) is 5.32 Å². The molecule has 0 radical (unpaired) electrons. The van der Waals surface area contributed by atoms with Gasteiger partial charge in [0.05, 0.1) is 14.2 Å². The van der Waals surface area contributed by atoms with Crippen molar-refractivity contribution < 1.29 is 9.47 Å². The van der Waals surface area contributed by atoms with Gasteiger partial charge in [-0.05, 0) is 24.2 Å². The van der Waals surface area contributed by atoms with Crippen LogP contribution in [0.1, 0.15) is 25.5 Å². The molecule has 118 valence electrons. The van der Waals surface area contributed by atoms with Crippen LogP contribution >= 0.6 is 23.5 Å². The van der Waals surface area contributed by atoms with Gasteiger partial charge >= 0.3 is 0 Å². The number of thioether (sulfide) groups is 2. The zero-order valence-electron chi connectivity index (χ0n) is 13.2. The second kappa shape index (κ2) is 8.20. The number of hydrogen-bond acceptors (Lipinski definition) is 5. The van der Waals surface area contributed by atoms with Crippen LogP contribution in [0.4, 0.5) is 0 Å². The molecule has 1 fully saturated rings. The molecule has 21 heavy (non-hydrogen) atoms. The molecule has 0 amide bonds. The average molecular weight is 328 g/mol. The van der Waals surface area contributed by atoms with Crippen molar-refractivity contribution in [3.8, 4) is 11.5 Å². The van der Waals surface area contributed by atoms with E-state index in [2.05, 4.69) is 54.8 Å². The summed E-state index contributed by atoms with van der Waals surface area (Å²) >= 11 is 4.15. The maximum Gasteiger partial charge on any atom is 0.122 e. The average Bonchev–Trinajstić information content (AvgIpc) is 2.53. The third kappa shape index (κ3) is 4.24. The van der Waals surface area contributed by atoms with Crippen LogP contribution in [0.3, 0.4) is 0 Å². The normalized spacial score (nSPS) is 23.6. The van der Waals surface area contributed by atoms with Gasteiger partial charge < -0.3 is 14.8 Å². The van der Waals surface area contributed by atoms with Gasteiger partial charge in [-0.3, -0.25) is 0 Å². The minimum absolute atomic E-state index is 0.326. The minimum atomic E-state index is 0.326. The summed E-state index contributed by atoms with van der Waals surface area (Å²) < 4.78 is 10.8. The van der Waals surface area contributed by atoms with Crippen molar-refractivity contribution >= 4 is 23.5 Å². The number of hydrogen-bond donors (Lipinski definition) is 1. The van der Waals surface area contributed by atoms with Crippen LogP contribution in [-0.2, 0) is 0 Å². The number of nitrogens with one attached hydrogen (secondary N) is 1. The maximum absolute atomic E-state index is 5.42. The second-order valence-corrected chi connectivity index (χ2v) is 7.86. The van der Waals surface area contributed by atoms with Gasteiger partial charge in [0.1, 0.15) is 11.5 Å². The molecule has 1 saturated heterocycles. The topological polar surface area (TPSA) is 30.5 Å². The van der Waals surface area contributed by atoms with E-state index in [1.165, 1.54) is 17.1 Å². The number of rotatable bonds is 6. The molecule has 0 aromatic heterocycles. The fourth-order valence-electron chi connectivity index (χ4n) is 2.67. The van der Waals surface area contributed by atoms with E-state index in [1.54, 1.807) is 14.2 Å². The van der Waals surface area contributed by atoms with Crippen molar-refractivity contribution in [2.75, 3.05) is 32.3 Å². The quantitative estimate of drug-likeness (QED) is 0.863. The monoisotopic (exact) mass is 327 g/mol. The van der Waals surface area contributed by atoms with Gasteiger partial charge in [0, 0.05) is 34.1 Å². The van der Waals surface area contributed by atoms with E-state index < -0.39 is 0 Å². The molecule has 1 aliphatic heterocycles. The Morgan fingerprint density at radius 3 is 2.29 bits per heavy atom. The summed E-state index contributed by atoms with van der Waals surface area (Å²) in [5.74, 6) is 4.19. The van der Waals surface area contributed by atoms with Crippen LogP contribution in [0, 0.1) is 0 Å². The first-order valence-electron chi connectivity index (χ1n) is 7.39. The van der Waals surface area contributed by atoms with Gasteiger partial charge in [-0.1, -0.05) is 13.8 Å². The lowest BCUT2D eigenvalue weighted by atomic mass is 10.0. The summed E-state index contributed by atoms with van der Waals surface area (Å²) in [6, 6.07) is 6.51. The standard InChI is InChI=1S/C16H25NO2S2/c1-5-17-15(16-11(2)20-6-7-21-16)12-8-13(18-3)10-14(9-12)19-4/h8-11,15-17H,5-7H2,1-4H3. The molecule has 3 nitrogen and oxygen atoms in total. The molecular formula is C16H25NO2S2. The molecule has 1 heterocycles. The Labute approximate surface area is 136 Å². The minimum Gasteiger partial charge on any atom is -0.497 e. The van der Waals surface area contributed by atoms with E-state index in [1.807, 2.05) is 6.07 Å². The van der Waals surface area contributed by atoms with Crippen LogP contribution in [0.25, 0.3) is 0 Å². The van der Waals surface area contributed by atoms with Crippen molar-refractivity contribution in [1.29, 1.82) is 0 Å². The largest absolute Gasteiger partial charge is 0.497 e. The summed E-state index contributed by atoms with van der Waals surface area (Å²) in [4.78, 5) is 0. The smallest absolute Gasteiger partial charge is 0.122 e. The first-order valence-corrected chi connectivity index (χ1v) is 9.49. The maximum atomic E-state index is 5.42. The fourth-order valence-corrected chi connectivity index (χ4v) is 5.62. The summed E-state index contributed by atoms with van der Waals surface area (Å²) in [6.07, 6.45) is 0. The molecule has 0 spiro atoms. The highest BCUT2D eigenvalue weighted by atomic mass is 32.2. The van der Waals surface area contributed by atoms with E-state index in [-0.39, 0.29) is 0 Å². The Balaban J connectivity index is 2.32. The van der Waals surface area contributed by atoms with E-state index >= 15 is 0 Å². The van der Waals surface area contributed by atoms with Gasteiger partial charge in [0.15, 0.2) is 0 Å². The SMILES string of the molecule is CCNC(c1cc(OC)cc(OC)c1)C1SCCSC1C.